The number of nitrogens with zero attached hydrogens (tertiary/aromatic N) is 1. The maximum absolute atomic E-state index is 13.0. The SMILES string of the molecule is N#CC(Cc1ccccc1)NC(=O)C1CCCCC1NC(=O)c1cc2ccc(O)cc2[nH]1. The summed E-state index contributed by atoms with van der Waals surface area (Å²) in [6.07, 6.45) is 3.66. The van der Waals surface area contributed by atoms with Gasteiger partial charge in [-0.25, -0.2) is 0 Å². The van der Waals surface area contributed by atoms with Crippen molar-refractivity contribution < 1.29 is 14.7 Å². The Morgan fingerprint density at radius 2 is 1.91 bits per heavy atom. The second-order valence-electron chi connectivity index (χ2n) is 8.31. The number of nitriles is 1. The summed E-state index contributed by atoms with van der Waals surface area (Å²) in [6.45, 7) is 0. The molecule has 1 aliphatic rings. The summed E-state index contributed by atoms with van der Waals surface area (Å²) < 4.78 is 0. The number of phenolic OH excluding ortho intramolecular Hbond substituents is 1. The maximum Gasteiger partial charge on any atom is 0.267 e. The molecule has 164 valence electrons. The Morgan fingerprint density at radius 3 is 2.69 bits per heavy atom. The van der Waals surface area contributed by atoms with Gasteiger partial charge < -0.3 is 20.7 Å². The molecule has 2 aromatic carbocycles. The van der Waals surface area contributed by atoms with Crippen molar-refractivity contribution in [1.82, 2.24) is 15.6 Å². The highest BCUT2D eigenvalue weighted by Crippen LogP contribution is 2.26. The minimum Gasteiger partial charge on any atom is -0.508 e. The number of hydrogen-bond donors (Lipinski definition) is 4. The molecule has 1 aliphatic carbocycles. The molecule has 1 heterocycles. The number of benzene rings is 2. The van der Waals surface area contributed by atoms with Crippen LogP contribution in [0.15, 0.2) is 54.6 Å². The van der Waals surface area contributed by atoms with Gasteiger partial charge in [0.15, 0.2) is 0 Å². The van der Waals surface area contributed by atoms with Crippen LogP contribution in [0.25, 0.3) is 10.9 Å². The molecule has 32 heavy (non-hydrogen) atoms. The van der Waals surface area contributed by atoms with Crippen LogP contribution in [-0.2, 0) is 11.2 Å². The predicted octanol–water partition coefficient (Wildman–Crippen LogP) is 3.41. The van der Waals surface area contributed by atoms with Gasteiger partial charge in [-0.05, 0) is 36.6 Å². The highest BCUT2D eigenvalue weighted by molar-refractivity contribution is 5.98. The van der Waals surface area contributed by atoms with Crippen molar-refractivity contribution in [2.75, 3.05) is 0 Å². The third kappa shape index (κ3) is 4.92. The fraction of sp³-hybridized carbons (Fsp3) is 0.320. The third-order valence-electron chi connectivity index (χ3n) is 6.02. The topological polar surface area (TPSA) is 118 Å². The van der Waals surface area contributed by atoms with Gasteiger partial charge in [-0.1, -0.05) is 43.2 Å². The van der Waals surface area contributed by atoms with Crippen LogP contribution >= 0.6 is 0 Å². The molecule has 7 heteroatoms. The smallest absolute Gasteiger partial charge is 0.267 e. The molecule has 1 fully saturated rings. The second kappa shape index (κ2) is 9.56. The number of aromatic nitrogens is 1. The van der Waals surface area contributed by atoms with Gasteiger partial charge in [0.05, 0.1) is 12.0 Å². The Balaban J connectivity index is 1.42. The minimum absolute atomic E-state index is 0.123. The monoisotopic (exact) mass is 430 g/mol. The first-order chi connectivity index (χ1) is 15.5. The number of aromatic amines is 1. The molecule has 0 saturated heterocycles. The van der Waals surface area contributed by atoms with E-state index >= 15 is 0 Å². The van der Waals surface area contributed by atoms with E-state index in [1.165, 1.54) is 0 Å². The van der Waals surface area contributed by atoms with Gasteiger partial charge in [-0.2, -0.15) is 5.26 Å². The number of carbonyl (C=O) groups excluding carboxylic acids is 2. The van der Waals surface area contributed by atoms with Crippen LogP contribution in [0.5, 0.6) is 5.75 Å². The van der Waals surface area contributed by atoms with Crippen LogP contribution in [0.4, 0.5) is 0 Å². The van der Waals surface area contributed by atoms with Crippen molar-refractivity contribution in [3.05, 3.63) is 65.9 Å². The summed E-state index contributed by atoms with van der Waals surface area (Å²) in [7, 11) is 0. The summed E-state index contributed by atoms with van der Waals surface area (Å²) in [4.78, 5) is 28.9. The lowest BCUT2D eigenvalue weighted by atomic mass is 9.83. The van der Waals surface area contributed by atoms with E-state index in [1.807, 2.05) is 30.3 Å². The van der Waals surface area contributed by atoms with Crippen molar-refractivity contribution in [3.63, 3.8) is 0 Å². The van der Waals surface area contributed by atoms with Crippen LogP contribution < -0.4 is 10.6 Å². The van der Waals surface area contributed by atoms with Gasteiger partial charge in [-0.3, -0.25) is 9.59 Å². The van der Waals surface area contributed by atoms with Gasteiger partial charge in [0.1, 0.15) is 17.5 Å². The van der Waals surface area contributed by atoms with Crippen molar-refractivity contribution in [1.29, 1.82) is 5.26 Å². The quantitative estimate of drug-likeness (QED) is 0.479. The van der Waals surface area contributed by atoms with Crippen LogP contribution in [0.1, 0.15) is 41.7 Å². The summed E-state index contributed by atoms with van der Waals surface area (Å²) in [5.74, 6) is -0.740. The average molecular weight is 431 g/mol. The number of amides is 2. The maximum atomic E-state index is 13.0. The van der Waals surface area contributed by atoms with Gasteiger partial charge in [0.25, 0.3) is 5.91 Å². The highest BCUT2D eigenvalue weighted by Gasteiger charge is 2.33. The number of fused-ring (bicyclic) bond motifs is 1. The van der Waals surface area contributed by atoms with Crippen LogP contribution in [0.2, 0.25) is 0 Å². The minimum atomic E-state index is -0.621. The lowest BCUT2D eigenvalue weighted by molar-refractivity contribution is -0.127. The zero-order valence-electron chi connectivity index (χ0n) is 17.7. The Hall–Kier alpha value is -3.79. The number of carbonyl (C=O) groups is 2. The van der Waals surface area contributed by atoms with E-state index in [0.717, 1.165) is 23.8 Å². The number of H-pyrrole nitrogens is 1. The highest BCUT2D eigenvalue weighted by atomic mass is 16.3. The summed E-state index contributed by atoms with van der Waals surface area (Å²) >= 11 is 0. The number of phenols is 1. The lowest BCUT2D eigenvalue weighted by Gasteiger charge is -2.31. The Bertz CT molecular complexity index is 1150. The largest absolute Gasteiger partial charge is 0.508 e. The second-order valence-corrected chi connectivity index (χ2v) is 8.31. The molecular formula is C25H26N4O3. The Labute approximate surface area is 186 Å². The van der Waals surface area contributed by atoms with Crippen LogP contribution in [0, 0.1) is 17.2 Å². The molecule has 3 aromatic rings. The number of nitrogens with one attached hydrogen (secondary N) is 3. The van der Waals surface area contributed by atoms with Crippen molar-refractivity contribution in [2.45, 2.75) is 44.2 Å². The molecule has 0 spiro atoms. The van der Waals surface area contributed by atoms with Crippen LogP contribution in [-0.4, -0.2) is 34.0 Å². The first kappa shape index (κ1) is 21.4. The molecule has 7 nitrogen and oxygen atoms in total. The molecule has 0 aliphatic heterocycles. The lowest BCUT2D eigenvalue weighted by Crippen LogP contribution is -2.50. The van der Waals surface area contributed by atoms with Crippen LogP contribution in [0.3, 0.4) is 0 Å². The van der Waals surface area contributed by atoms with E-state index in [9.17, 15) is 20.0 Å². The molecule has 1 saturated carbocycles. The molecule has 4 rings (SSSR count). The van der Waals surface area contributed by atoms with E-state index in [2.05, 4.69) is 21.7 Å². The zero-order chi connectivity index (χ0) is 22.5. The van der Waals surface area contributed by atoms with Crippen molar-refractivity contribution in [3.8, 4) is 11.8 Å². The van der Waals surface area contributed by atoms with E-state index in [1.54, 1.807) is 24.3 Å². The number of hydrogen-bond acceptors (Lipinski definition) is 4. The summed E-state index contributed by atoms with van der Waals surface area (Å²) in [6, 6.07) is 17.4. The van der Waals surface area contributed by atoms with E-state index in [-0.39, 0.29) is 29.5 Å². The predicted molar refractivity (Wildman–Crippen MR) is 121 cm³/mol. The number of aromatic hydroxyl groups is 1. The molecule has 3 atom stereocenters. The summed E-state index contributed by atoms with van der Waals surface area (Å²) in [5.41, 5.74) is 2.04. The molecule has 2 amide bonds. The van der Waals surface area contributed by atoms with E-state index in [4.69, 9.17) is 0 Å². The first-order valence-electron chi connectivity index (χ1n) is 10.9. The Morgan fingerprint density at radius 1 is 1.12 bits per heavy atom. The van der Waals surface area contributed by atoms with Gasteiger partial charge in [0, 0.05) is 29.4 Å². The van der Waals surface area contributed by atoms with Gasteiger partial charge in [0.2, 0.25) is 5.91 Å². The molecule has 1 aromatic heterocycles. The Kier molecular flexibility index (Phi) is 6.41. The molecule has 0 bridgehead atoms. The van der Waals surface area contributed by atoms with Crippen molar-refractivity contribution in [2.24, 2.45) is 5.92 Å². The average Bonchev–Trinajstić information content (AvgIpc) is 3.23. The molecular weight excluding hydrogens is 404 g/mol. The fourth-order valence-corrected chi connectivity index (χ4v) is 4.36. The van der Waals surface area contributed by atoms with E-state index in [0.29, 0.717) is 30.5 Å². The summed E-state index contributed by atoms with van der Waals surface area (Å²) in [5, 5.41) is 25.9. The molecule has 0 radical (unpaired) electrons. The molecule has 4 N–H and O–H groups in total. The zero-order valence-corrected chi connectivity index (χ0v) is 17.7. The first-order valence-corrected chi connectivity index (χ1v) is 10.9. The van der Waals surface area contributed by atoms with Gasteiger partial charge in [-0.15, -0.1) is 0 Å². The number of rotatable bonds is 6. The standard InChI is InChI=1S/C25H26N4O3/c26-15-18(12-16-6-2-1-3-7-16)27-24(31)20-8-4-5-9-21(20)29-25(32)23-13-17-10-11-19(30)14-22(17)28-23/h1-3,6-7,10-11,13-14,18,20-21,28,30H,4-5,8-9,12H2,(H,27,31)(H,29,32). The third-order valence-corrected chi connectivity index (χ3v) is 6.02. The normalized spacial score (nSPS) is 19.1. The van der Waals surface area contributed by atoms with Gasteiger partial charge >= 0.3 is 0 Å². The van der Waals surface area contributed by atoms with Crippen molar-refractivity contribution >= 4 is 22.7 Å². The van der Waals surface area contributed by atoms with E-state index < -0.39 is 6.04 Å². The molecule has 3 unspecified atom stereocenters. The fourth-order valence-electron chi connectivity index (χ4n) is 4.36.